The largest absolute Gasteiger partial charge is 0.459 e. The molecule has 2 rings (SSSR count). The first-order valence-electron chi connectivity index (χ1n) is 5.65. The molecular weight excluding hydrogens is 214 g/mol. The van der Waals surface area contributed by atoms with E-state index in [2.05, 4.69) is 4.98 Å². The lowest BCUT2D eigenvalue weighted by atomic mass is 10.0. The molecule has 88 valence electrons. The summed E-state index contributed by atoms with van der Waals surface area (Å²) in [6.07, 6.45) is 1.56. The van der Waals surface area contributed by atoms with Crippen molar-refractivity contribution in [2.24, 2.45) is 0 Å². The number of esters is 1. The van der Waals surface area contributed by atoms with Crippen LogP contribution in [0.3, 0.4) is 0 Å². The monoisotopic (exact) mass is 229 g/mol. The number of fused-ring (bicyclic) bond motifs is 1. The molecule has 17 heavy (non-hydrogen) atoms. The molecule has 0 unspecified atom stereocenters. The summed E-state index contributed by atoms with van der Waals surface area (Å²) in [5.41, 5.74) is 2.16. The lowest BCUT2D eigenvalue weighted by molar-refractivity contribution is 0.0379. The maximum absolute atomic E-state index is 12.0. The molecule has 0 fully saturated rings. The van der Waals surface area contributed by atoms with E-state index in [0.717, 1.165) is 10.9 Å². The average molecular weight is 229 g/mol. The second-order valence-electron chi connectivity index (χ2n) is 4.29. The fraction of sp³-hybridized carbons (Fsp3) is 0.286. The molecular formula is C14H15NO2. The molecule has 3 nitrogen and oxygen atoms in total. The van der Waals surface area contributed by atoms with E-state index in [1.165, 1.54) is 0 Å². The summed E-state index contributed by atoms with van der Waals surface area (Å²) in [4.78, 5) is 16.3. The lowest BCUT2D eigenvalue weighted by Gasteiger charge is -2.11. The van der Waals surface area contributed by atoms with Crippen molar-refractivity contribution in [2.75, 3.05) is 0 Å². The average Bonchev–Trinajstić information content (AvgIpc) is 2.27. The van der Waals surface area contributed by atoms with E-state index in [0.29, 0.717) is 11.1 Å². The van der Waals surface area contributed by atoms with Crippen molar-refractivity contribution in [3.63, 3.8) is 0 Å². The van der Waals surface area contributed by atoms with E-state index >= 15 is 0 Å². The van der Waals surface area contributed by atoms with Gasteiger partial charge in [0.1, 0.15) is 0 Å². The number of carbonyl (C=O) groups excluding carboxylic acids is 1. The third-order valence-corrected chi connectivity index (χ3v) is 2.53. The predicted molar refractivity (Wildman–Crippen MR) is 67.0 cm³/mol. The molecule has 0 N–H and O–H groups in total. The predicted octanol–water partition coefficient (Wildman–Crippen LogP) is 3.11. The van der Waals surface area contributed by atoms with Crippen LogP contribution in [0.1, 0.15) is 29.8 Å². The van der Waals surface area contributed by atoms with Gasteiger partial charge in [0.15, 0.2) is 0 Å². The summed E-state index contributed by atoms with van der Waals surface area (Å²) in [6.45, 7) is 5.57. The minimum atomic E-state index is -0.304. The Morgan fingerprint density at radius 2 is 2.06 bits per heavy atom. The Balaban J connectivity index is 2.58. The van der Waals surface area contributed by atoms with Crippen LogP contribution in [0.5, 0.6) is 0 Å². The Hall–Kier alpha value is -1.90. The first-order valence-corrected chi connectivity index (χ1v) is 5.65. The SMILES string of the molecule is Cc1ccc2cccnc2c1C(=O)OC(C)C. The number of hydrogen-bond donors (Lipinski definition) is 0. The number of pyridine rings is 1. The highest BCUT2D eigenvalue weighted by molar-refractivity contribution is 6.04. The van der Waals surface area contributed by atoms with Crippen molar-refractivity contribution in [2.45, 2.75) is 26.9 Å². The molecule has 0 radical (unpaired) electrons. The summed E-state index contributed by atoms with van der Waals surface area (Å²) >= 11 is 0. The van der Waals surface area contributed by atoms with E-state index in [-0.39, 0.29) is 12.1 Å². The highest BCUT2D eigenvalue weighted by atomic mass is 16.5. The minimum absolute atomic E-state index is 0.124. The molecule has 0 saturated carbocycles. The van der Waals surface area contributed by atoms with Crippen LogP contribution in [0.25, 0.3) is 10.9 Å². The smallest absolute Gasteiger partial charge is 0.340 e. The number of hydrogen-bond acceptors (Lipinski definition) is 3. The zero-order valence-electron chi connectivity index (χ0n) is 10.2. The van der Waals surface area contributed by atoms with Crippen LogP contribution in [0.2, 0.25) is 0 Å². The molecule has 0 amide bonds. The van der Waals surface area contributed by atoms with Gasteiger partial charge in [0.25, 0.3) is 0 Å². The molecule has 0 aliphatic carbocycles. The third-order valence-electron chi connectivity index (χ3n) is 2.53. The number of nitrogens with zero attached hydrogens (tertiary/aromatic N) is 1. The van der Waals surface area contributed by atoms with Gasteiger partial charge in [-0.15, -0.1) is 0 Å². The van der Waals surface area contributed by atoms with E-state index < -0.39 is 0 Å². The van der Waals surface area contributed by atoms with Gasteiger partial charge in [-0.1, -0.05) is 18.2 Å². The minimum Gasteiger partial charge on any atom is -0.459 e. The molecule has 1 heterocycles. The summed E-state index contributed by atoms with van der Waals surface area (Å²) in [5, 5.41) is 0.953. The maximum Gasteiger partial charge on any atom is 0.340 e. The Kier molecular flexibility index (Phi) is 3.09. The molecule has 1 aromatic carbocycles. The van der Waals surface area contributed by atoms with E-state index in [1.807, 2.05) is 45.0 Å². The van der Waals surface area contributed by atoms with E-state index in [9.17, 15) is 4.79 Å². The van der Waals surface area contributed by atoms with Crippen LogP contribution in [-0.2, 0) is 4.74 Å². The number of aromatic nitrogens is 1. The van der Waals surface area contributed by atoms with Gasteiger partial charge in [0.05, 0.1) is 17.2 Å². The van der Waals surface area contributed by atoms with Gasteiger partial charge < -0.3 is 4.74 Å². The van der Waals surface area contributed by atoms with E-state index in [1.54, 1.807) is 6.20 Å². The summed E-state index contributed by atoms with van der Waals surface area (Å²) in [6, 6.07) is 7.67. The van der Waals surface area contributed by atoms with Gasteiger partial charge in [0, 0.05) is 11.6 Å². The molecule has 0 aliphatic heterocycles. The van der Waals surface area contributed by atoms with Crippen molar-refractivity contribution in [3.05, 3.63) is 41.6 Å². The second kappa shape index (κ2) is 4.53. The fourth-order valence-corrected chi connectivity index (χ4v) is 1.78. The Morgan fingerprint density at radius 1 is 1.29 bits per heavy atom. The van der Waals surface area contributed by atoms with Gasteiger partial charge in [-0.3, -0.25) is 4.98 Å². The zero-order valence-corrected chi connectivity index (χ0v) is 10.2. The number of aryl methyl sites for hydroxylation is 1. The third kappa shape index (κ3) is 2.28. The van der Waals surface area contributed by atoms with Crippen molar-refractivity contribution in [3.8, 4) is 0 Å². The van der Waals surface area contributed by atoms with Crippen molar-refractivity contribution in [1.29, 1.82) is 0 Å². The number of carbonyl (C=O) groups is 1. The zero-order chi connectivity index (χ0) is 12.4. The first kappa shape index (κ1) is 11.6. The van der Waals surface area contributed by atoms with Gasteiger partial charge in [-0.25, -0.2) is 4.79 Å². The topological polar surface area (TPSA) is 39.2 Å². The Morgan fingerprint density at radius 3 is 2.76 bits per heavy atom. The quantitative estimate of drug-likeness (QED) is 0.743. The molecule has 3 heteroatoms. The fourth-order valence-electron chi connectivity index (χ4n) is 1.78. The molecule has 1 aromatic heterocycles. The second-order valence-corrected chi connectivity index (χ2v) is 4.29. The number of benzene rings is 1. The first-order chi connectivity index (χ1) is 8.09. The van der Waals surface area contributed by atoms with Crippen LogP contribution in [0.4, 0.5) is 0 Å². The van der Waals surface area contributed by atoms with Crippen LogP contribution >= 0.6 is 0 Å². The van der Waals surface area contributed by atoms with Gasteiger partial charge in [-0.05, 0) is 32.4 Å². The highest BCUT2D eigenvalue weighted by Crippen LogP contribution is 2.21. The number of ether oxygens (including phenoxy) is 1. The van der Waals surface area contributed by atoms with Crippen LogP contribution in [0, 0.1) is 6.92 Å². The summed E-state index contributed by atoms with van der Waals surface area (Å²) in [7, 11) is 0. The molecule has 0 saturated heterocycles. The van der Waals surface area contributed by atoms with Gasteiger partial charge >= 0.3 is 5.97 Å². The van der Waals surface area contributed by atoms with Crippen molar-refractivity contribution >= 4 is 16.9 Å². The molecule has 0 spiro atoms. The normalized spacial score (nSPS) is 10.8. The highest BCUT2D eigenvalue weighted by Gasteiger charge is 2.16. The molecule has 0 bridgehead atoms. The Labute approximate surface area is 100 Å². The molecule has 0 aliphatic rings. The number of rotatable bonds is 2. The maximum atomic E-state index is 12.0. The Bertz CT molecular complexity index is 561. The standard InChI is InChI=1S/C14H15NO2/c1-9(2)17-14(16)12-10(3)6-7-11-5-4-8-15-13(11)12/h4-9H,1-3H3. The van der Waals surface area contributed by atoms with Crippen molar-refractivity contribution in [1.82, 2.24) is 4.98 Å². The van der Waals surface area contributed by atoms with Crippen molar-refractivity contribution < 1.29 is 9.53 Å². The summed E-state index contributed by atoms with van der Waals surface area (Å²) in [5.74, 6) is -0.304. The van der Waals surface area contributed by atoms with Gasteiger partial charge in [0.2, 0.25) is 0 Å². The van der Waals surface area contributed by atoms with E-state index in [4.69, 9.17) is 4.74 Å². The van der Waals surface area contributed by atoms with Gasteiger partial charge in [-0.2, -0.15) is 0 Å². The lowest BCUT2D eigenvalue weighted by Crippen LogP contribution is -2.13. The molecule has 0 atom stereocenters. The van der Waals surface area contributed by atoms with Crippen LogP contribution in [0.15, 0.2) is 30.5 Å². The molecule has 2 aromatic rings. The van der Waals surface area contributed by atoms with Crippen LogP contribution < -0.4 is 0 Å². The van der Waals surface area contributed by atoms with Crippen LogP contribution in [-0.4, -0.2) is 17.1 Å². The summed E-state index contributed by atoms with van der Waals surface area (Å²) < 4.78 is 5.25.